The van der Waals surface area contributed by atoms with Crippen molar-refractivity contribution in [3.05, 3.63) is 138 Å². The third kappa shape index (κ3) is 5.58. The third-order valence-corrected chi connectivity index (χ3v) is 6.67. The SMILES string of the molecule is Brc1ccc2cc(-c3ccccc3)ccc2c1.OB(O)c1ccc2cc(-c3ccccc3)ccc2c1. The molecule has 0 aromatic heterocycles. The highest BCUT2D eigenvalue weighted by Crippen LogP contribution is 2.26. The van der Waals surface area contributed by atoms with Crippen LogP contribution < -0.4 is 5.46 Å². The molecule has 6 rings (SSSR count). The molecule has 0 amide bonds. The second-order valence-electron chi connectivity index (χ2n) is 8.63. The zero-order valence-electron chi connectivity index (χ0n) is 19.6. The summed E-state index contributed by atoms with van der Waals surface area (Å²) in [5.74, 6) is 0. The first kappa shape index (κ1) is 24.0. The van der Waals surface area contributed by atoms with Crippen molar-refractivity contribution >= 4 is 50.1 Å². The molecule has 0 aliphatic rings. The smallest absolute Gasteiger partial charge is 0.423 e. The van der Waals surface area contributed by atoms with Crippen LogP contribution in [0, 0.1) is 0 Å². The third-order valence-electron chi connectivity index (χ3n) is 6.18. The lowest BCUT2D eigenvalue weighted by molar-refractivity contribution is 0.426. The Morgan fingerprint density at radius 3 is 1.39 bits per heavy atom. The van der Waals surface area contributed by atoms with Crippen LogP contribution in [0.5, 0.6) is 0 Å². The van der Waals surface area contributed by atoms with Crippen molar-refractivity contribution in [2.75, 3.05) is 0 Å². The maximum Gasteiger partial charge on any atom is 0.488 e. The van der Waals surface area contributed by atoms with Crippen LogP contribution in [0.2, 0.25) is 0 Å². The monoisotopic (exact) mass is 530 g/mol. The topological polar surface area (TPSA) is 40.5 Å². The van der Waals surface area contributed by atoms with E-state index in [1.165, 1.54) is 27.5 Å². The molecule has 2 nitrogen and oxygen atoms in total. The van der Waals surface area contributed by atoms with Gasteiger partial charge in [0, 0.05) is 4.47 Å². The maximum atomic E-state index is 9.17. The maximum absolute atomic E-state index is 9.17. The van der Waals surface area contributed by atoms with Crippen LogP contribution in [0.25, 0.3) is 43.8 Å². The van der Waals surface area contributed by atoms with E-state index >= 15 is 0 Å². The first-order valence-corrected chi connectivity index (χ1v) is 12.6. The van der Waals surface area contributed by atoms with Crippen LogP contribution in [0.1, 0.15) is 0 Å². The normalized spacial score (nSPS) is 10.6. The van der Waals surface area contributed by atoms with Crippen LogP contribution in [-0.4, -0.2) is 17.2 Å². The Labute approximate surface area is 219 Å². The second-order valence-corrected chi connectivity index (χ2v) is 9.55. The van der Waals surface area contributed by atoms with Gasteiger partial charge in [0.15, 0.2) is 0 Å². The first-order valence-electron chi connectivity index (χ1n) is 11.8. The number of fused-ring (bicyclic) bond motifs is 2. The molecule has 0 aliphatic heterocycles. The van der Waals surface area contributed by atoms with Crippen molar-refractivity contribution in [1.82, 2.24) is 0 Å². The summed E-state index contributed by atoms with van der Waals surface area (Å²) in [5, 5.41) is 23.0. The lowest BCUT2D eigenvalue weighted by atomic mass is 9.79. The molecule has 0 unspecified atom stereocenters. The summed E-state index contributed by atoms with van der Waals surface area (Å²) in [7, 11) is -1.42. The van der Waals surface area contributed by atoms with E-state index in [-0.39, 0.29) is 0 Å². The van der Waals surface area contributed by atoms with E-state index in [0.29, 0.717) is 5.46 Å². The van der Waals surface area contributed by atoms with E-state index in [2.05, 4.69) is 94.8 Å². The molecule has 6 aromatic carbocycles. The Morgan fingerprint density at radius 2 is 0.861 bits per heavy atom. The fourth-order valence-electron chi connectivity index (χ4n) is 4.26. The summed E-state index contributed by atoms with van der Waals surface area (Å²) in [6, 6.07) is 45.2. The van der Waals surface area contributed by atoms with E-state index in [9.17, 15) is 10.0 Å². The molecule has 0 saturated carbocycles. The molecule has 0 fully saturated rings. The van der Waals surface area contributed by atoms with Crippen molar-refractivity contribution < 1.29 is 10.0 Å². The fourth-order valence-corrected chi connectivity index (χ4v) is 4.64. The minimum atomic E-state index is -1.42. The van der Waals surface area contributed by atoms with Gasteiger partial charge in [-0.25, -0.2) is 0 Å². The van der Waals surface area contributed by atoms with Gasteiger partial charge < -0.3 is 10.0 Å². The average molecular weight is 531 g/mol. The average Bonchev–Trinajstić information content (AvgIpc) is 2.93. The molecular formula is C32H24BBrO2. The Balaban J connectivity index is 0.000000149. The Kier molecular flexibility index (Phi) is 7.29. The van der Waals surface area contributed by atoms with E-state index < -0.39 is 7.12 Å². The van der Waals surface area contributed by atoms with Crippen LogP contribution >= 0.6 is 15.9 Å². The molecule has 36 heavy (non-hydrogen) atoms. The van der Waals surface area contributed by atoms with Gasteiger partial charge in [0.1, 0.15) is 0 Å². The number of rotatable bonds is 3. The Bertz CT molecular complexity index is 1620. The molecule has 4 heteroatoms. The molecule has 0 radical (unpaired) electrons. The summed E-state index contributed by atoms with van der Waals surface area (Å²) in [4.78, 5) is 0. The van der Waals surface area contributed by atoms with Gasteiger partial charge in [0.25, 0.3) is 0 Å². The zero-order valence-corrected chi connectivity index (χ0v) is 21.1. The van der Waals surface area contributed by atoms with E-state index in [0.717, 1.165) is 20.8 Å². The van der Waals surface area contributed by atoms with Gasteiger partial charge in [-0.3, -0.25) is 0 Å². The van der Waals surface area contributed by atoms with E-state index in [1.807, 2.05) is 42.5 Å². The molecule has 2 N–H and O–H groups in total. The molecule has 0 heterocycles. The van der Waals surface area contributed by atoms with Crippen LogP contribution in [0.3, 0.4) is 0 Å². The summed E-state index contributed by atoms with van der Waals surface area (Å²) in [5.41, 5.74) is 5.37. The number of hydrogen-bond donors (Lipinski definition) is 2. The van der Waals surface area contributed by atoms with Gasteiger partial charge >= 0.3 is 7.12 Å². The van der Waals surface area contributed by atoms with Crippen LogP contribution in [-0.2, 0) is 0 Å². The highest BCUT2D eigenvalue weighted by Gasteiger charge is 2.11. The van der Waals surface area contributed by atoms with Crippen LogP contribution in [0.4, 0.5) is 0 Å². The lowest BCUT2D eigenvalue weighted by Gasteiger charge is -2.06. The minimum absolute atomic E-state index is 0.514. The highest BCUT2D eigenvalue weighted by atomic mass is 79.9. The Morgan fingerprint density at radius 1 is 0.417 bits per heavy atom. The Hall–Kier alpha value is -3.70. The number of benzene rings is 6. The van der Waals surface area contributed by atoms with Crippen molar-refractivity contribution in [2.24, 2.45) is 0 Å². The summed E-state index contributed by atoms with van der Waals surface area (Å²) >= 11 is 3.50. The van der Waals surface area contributed by atoms with Gasteiger partial charge in [-0.05, 0) is 73.5 Å². The van der Waals surface area contributed by atoms with Gasteiger partial charge in [0.2, 0.25) is 0 Å². The largest absolute Gasteiger partial charge is 0.488 e. The summed E-state index contributed by atoms with van der Waals surface area (Å²) in [6.07, 6.45) is 0. The van der Waals surface area contributed by atoms with Crippen molar-refractivity contribution in [1.29, 1.82) is 0 Å². The molecule has 0 saturated heterocycles. The molecule has 174 valence electrons. The standard InChI is InChI=1S/C16H13BO2.C16H11Br/c18-17(19)16-9-8-14-10-13(6-7-15(14)11-16)12-4-2-1-3-5-12;17-16-9-8-14-10-13(6-7-15(14)11-16)12-4-2-1-3-5-12/h1-11,18-19H;1-11H. The number of hydrogen-bond acceptors (Lipinski definition) is 2. The van der Waals surface area contributed by atoms with Gasteiger partial charge in [-0.1, -0.05) is 125 Å². The highest BCUT2D eigenvalue weighted by molar-refractivity contribution is 9.10. The van der Waals surface area contributed by atoms with Crippen molar-refractivity contribution in [2.45, 2.75) is 0 Å². The lowest BCUT2D eigenvalue weighted by Crippen LogP contribution is -2.29. The molecule has 0 spiro atoms. The van der Waals surface area contributed by atoms with Gasteiger partial charge in [0.05, 0.1) is 0 Å². The quantitative estimate of drug-likeness (QED) is 0.233. The molecular weight excluding hydrogens is 507 g/mol. The summed E-state index contributed by atoms with van der Waals surface area (Å²) in [6.45, 7) is 0. The van der Waals surface area contributed by atoms with E-state index in [4.69, 9.17) is 0 Å². The zero-order chi connectivity index (χ0) is 24.9. The van der Waals surface area contributed by atoms with Crippen LogP contribution in [0.15, 0.2) is 138 Å². The second kappa shape index (κ2) is 10.9. The predicted molar refractivity (Wildman–Crippen MR) is 156 cm³/mol. The molecule has 0 atom stereocenters. The van der Waals surface area contributed by atoms with Crippen molar-refractivity contribution in [3.63, 3.8) is 0 Å². The first-order chi connectivity index (χ1) is 17.6. The molecule has 6 aromatic rings. The molecule has 0 bridgehead atoms. The minimum Gasteiger partial charge on any atom is -0.423 e. The predicted octanol–water partition coefficient (Wildman–Crippen LogP) is 7.46. The van der Waals surface area contributed by atoms with E-state index in [1.54, 1.807) is 12.1 Å². The molecule has 0 aliphatic carbocycles. The van der Waals surface area contributed by atoms with Crippen molar-refractivity contribution in [3.8, 4) is 22.3 Å². The fraction of sp³-hybridized carbons (Fsp3) is 0. The van der Waals surface area contributed by atoms with Gasteiger partial charge in [-0.2, -0.15) is 0 Å². The number of halogens is 1. The van der Waals surface area contributed by atoms with Gasteiger partial charge in [-0.15, -0.1) is 0 Å². The summed E-state index contributed by atoms with van der Waals surface area (Å²) < 4.78 is 1.12.